The van der Waals surface area contributed by atoms with Crippen LogP contribution in [0.4, 0.5) is 5.69 Å². The Hall–Kier alpha value is -3.41. The van der Waals surface area contributed by atoms with E-state index in [1.165, 1.54) is 31.2 Å². The number of Topliss-reactive ketones (excluding diaryl/α,β-unsaturated/α-hetero) is 2. The van der Waals surface area contributed by atoms with Crippen molar-refractivity contribution in [3.8, 4) is 6.07 Å². The molecule has 0 amide bonds. The third-order valence-electron chi connectivity index (χ3n) is 4.99. The van der Waals surface area contributed by atoms with Gasteiger partial charge in [-0.1, -0.05) is 41.6 Å². The van der Waals surface area contributed by atoms with Crippen LogP contribution in [0.1, 0.15) is 35.7 Å². The number of nitrogens with one attached hydrogen (secondary N) is 1. The molecule has 1 aliphatic rings. The quantitative estimate of drug-likeness (QED) is 0.340. The topological polar surface area (TPSA) is 113 Å². The number of hydrogen-bond acceptors (Lipinski definition) is 7. The first-order valence-corrected chi connectivity index (χ1v) is 10.9. The van der Waals surface area contributed by atoms with Crippen LogP contribution in [0, 0.1) is 21.4 Å². The van der Waals surface area contributed by atoms with E-state index in [9.17, 15) is 25.0 Å². The highest BCUT2D eigenvalue weighted by Crippen LogP contribution is 2.43. The Morgan fingerprint density at radius 2 is 1.88 bits per heavy atom. The van der Waals surface area contributed by atoms with E-state index < -0.39 is 10.8 Å². The third-order valence-corrected chi connectivity index (χ3v) is 6.35. The molecule has 32 heavy (non-hydrogen) atoms. The number of dihydropyridines is 1. The third kappa shape index (κ3) is 4.74. The van der Waals surface area contributed by atoms with Gasteiger partial charge in [0.15, 0.2) is 11.6 Å². The molecule has 2 aromatic carbocycles. The van der Waals surface area contributed by atoms with Crippen LogP contribution in [0.25, 0.3) is 0 Å². The SMILES string of the molecule is CC(=O)C1=C(C)NC(SCC(=O)c2ccc([N+](=O)[O-])cc2)=C(C#N)C1c1ccccc1Cl. The van der Waals surface area contributed by atoms with E-state index in [0.717, 1.165) is 11.8 Å². The standard InChI is InChI=1S/C23H18ClN3O4S/c1-13-21(14(2)28)22(17-5-3-4-6-19(17)24)18(11-25)23(26-13)32-12-20(29)15-7-9-16(10-8-15)27(30)31/h3-10,22,26H,12H2,1-2H3. The average molecular weight is 468 g/mol. The van der Waals surface area contributed by atoms with Gasteiger partial charge in [-0.2, -0.15) is 5.26 Å². The maximum atomic E-state index is 12.6. The second-order valence-electron chi connectivity index (χ2n) is 7.04. The number of nitrogens with zero attached hydrogens (tertiary/aromatic N) is 2. The summed E-state index contributed by atoms with van der Waals surface area (Å²) in [6.45, 7) is 3.18. The number of nitriles is 1. The summed E-state index contributed by atoms with van der Waals surface area (Å²) in [5, 5.41) is 24.7. The molecule has 7 nitrogen and oxygen atoms in total. The van der Waals surface area contributed by atoms with Crippen molar-refractivity contribution >= 4 is 40.6 Å². The first-order chi connectivity index (χ1) is 15.2. The van der Waals surface area contributed by atoms with Gasteiger partial charge in [0.05, 0.1) is 33.3 Å². The zero-order chi connectivity index (χ0) is 23.4. The Morgan fingerprint density at radius 1 is 1.22 bits per heavy atom. The molecule has 1 atom stereocenters. The maximum absolute atomic E-state index is 12.6. The van der Waals surface area contributed by atoms with Gasteiger partial charge in [-0.25, -0.2) is 0 Å². The van der Waals surface area contributed by atoms with E-state index in [2.05, 4.69) is 11.4 Å². The summed E-state index contributed by atoms with van der Waals surface area (Å²) < 4.78 is 0. The van der Waals surface area contributed by atoms with Crippen LogP contribution >= 0.6 is 23.4 Å². The van der Waals surface area contributed by atoms with Crippen LogP contribution in [0.5, 0.6) is 0 Å². The molecule has 0 saturated heterocycles. The van der Waals surface area contributed by atoms with E-state index >= 15 is 0 Å². The molecular weight excluding hydrogens is 450 g/mol. The highest BCUT2D eigenvalue weighted by molar-refractivity contribution is 8.03. The van der Waals surface area contributed by atoms with Gasteiger partial charge in [0.2, 0.25) is 0 Å². The first-order valence-electron chi connectivity index (χ1n) is 9.52. The highest BCUT2D eigenvalue weighted by Gasteiger charge is 2.34. The number of carbonyl (C=O) groups excluding carboxylic acids is 2. The monoisotopic (exact) mass is 467 g/mol. The summed E-state index contributed by atoms with van der Waals surface area (Å²) in [5.74, 6) is -1.07. The Kier molecular flexibility index (Phi) is 7.13. The number of rotatable bonds is 7. The number of halogens is 1. The molecule has 0 spiro atoms. The number of ketones is 2. The molecule has 0 bridgehead atoms. The predicted molar refractivity (Wildman–Crippen MR) is 123 cm³/mol. The molecule has 162 valence electrons. The Morgan fingerprint density at radius 3 is 2.44 bits per heavy atom. The largest absolute Gasteiger partial charge is 0.353 e. The van der Waals surface area contributed by atoms with Crippen LogP contribution in [0.3, 0.4) is 0 Å². The lowest BCUT2D eigenvalue weighted by atomic mass is 9.81. The lowest BCUT2D eigenvalue weighted by Crippen LogP contribution is -2.27. The molecule has 1 aliphatic heterocycles. The number of nitro benzene ring substituents is 1. The van der Waals surface area contributed by atoms with E-state index in [1.807, 2.05) is 0 Å². The molecule has 9 heteroatoms. The number of carbonyl (C=O) groups is 2. The molecule has 0 fully saturated rings. The fourth-order valence-electron chi connectivity index (χ4n) is 3.50. The zero-order valence-electron chi connectivity index (χ0n) is 17.2. The van der Waals surface area contributed by atoms with Gasteiger partial charge in [-0.05, 0) is 37.6 Å². The van der Waals surface area contributed by atoms with E-state index in [1.54, 1.807) is 31.2 Å². The molecule has 0 aromatic heterocycles. The second kappa shape index (κ2) is 9.81. The molecule has 0 saturated carbocycles. The number of allylic oxidation sites excluding steroid dienone is 3. The van der Waals surface area contributed by atoms with Gasteiger partial charge in [0.25, 0.3) is 5.69 Å². The highest BCUT2D eigenvalue weighted by atomic mass is 35.5. The smallest absolute Gasteiger partial charge is 0.269 e. The fourth-order valence-corrected chi connectivity index (χ4v) is 4.73. The van der Waals surface area contributed by atoms with Gasteiger partial charge in [0, 0.05) is 34.0 Å². The van der Waals surface area contributed by atoms with E-state index in [-0.39, 0.29) is 23.0 Å². The minimum atomic E-state index is -0.649. The van der Waals surface area contributed by atoms with Crippen molar-refractivity contribution in [1.82, 2.24) is 5.32 Å². The van der Waals surface area contributed by atoms with Crippen molar-refractivity contribution in [2.75, 3.05) is 5.75 Å². The minimum absolute atomic E-state index is 0.00323. The van der Waals surface area contributed by atoms with Crippen molar-refractivity contribution in [3.63, 3.8) is 0 Å². The Bertz CT molecular complexity index is 1210. The van der Waals surface area contributed by atoms with Crippen LogP contribution in [-0.4, -0.2) is 22.2 Å². The molecule has 3 rings (SSSR count). The van der Waals surface area contributed by atoms with E-state index in [4.69, 9.17) is 11.6 Å². The summed E-state index contributed by atoms with van der Waals surface area (Å²) in [6, 6.07) is 14.6. The lowest BCUT2D eigenvalue weighted by Gasteiger charge is -2.29. The summed E-state index contributed by atoms with van der Waals surface area (Å²) in [5.41, 5.74) is 2.20. The van der Waals surface area contributed by atoms with Crippen molar-refractivity contribution in [3.05, 3.63) is 96.7 Å². The number of thioether (sulfide) groups is 1. The van der Waals surface area contributed by atoms with Gasteiger partial charge in [-0.15, -0.1) is 0 Å². The van der Waals surface area contributed by atoms with Gasteiger partial charge < -0.3 is 5.32 Å². The number of benzene rings is 2. The molecule has 1 N–H and O–H groups in total. The first kappa shape index (κ1) is 23.3. The Labute approximate surface area is 193 Å². The summed E-state index contributed by atoms with van der Waals surface area (Å²) >= 11 is 7.53. The summed E-state index contributed by atoms with van der Waals surface area (Å²) in [4.78, 5) is 35.3. The fraction of sp³-hybridized carbons (Fsp3) is 0.174. The second-order valence-corrected chi connectivity index (χ2v) is 8.44. The number of non-ortho nitro benzene ring substituents is 1. The normalized spacial score (nSPS) is 15.8. The number of nitro groups is 1. The number of hydrogen-bond donors (Lipinski definition) is 1. The summed E-state index contributed by atoms with van der Waals surface area (Å²) in [6.07, 6.45) is 0. The molecule has 1 heterocycles. The van der Waals surface area contributed by atoms with Crippen molar-refractivity contribution in [1.29, 1.82) is 5.26 Å². The van der Waals surface area contributed by atoms with Gasteiger partial charge in [-0.3, -0.25) is 19.7 Å². The van der Waals surface area contributed by atoms with Crippen LogP contribution in [0.2, 0.25) is 5.02 Å². The van der Waals surface area contributed by atoms with Crippen molar-refractivity contribution < 1.29 is 14.5 Å². The zero-order valence-corrected chi connectivity index (χ0v) is 18.8. The van der Waals surface area contributed by atoms with E-state index in [0.29, 0.717) is 38.0 Å². The lowest BCUT2D eigenvalue weighted by molar-refractivity contribution is -0.384. The maximum Gasteiger partial charge on any atom is 0.269 e. The Balaban J connectivity index is 1.93. The predicted octanol–water partition coefficient (Wildman–Crippen LogP) is 5.15. The van der Waals surface area contributed by atoms with Crippen LogP contribution < -0.4 is 5.32 Å². The molecule has 0 radical (unpaired) electrons. The van der Waals surface area contributed by atoms with Crippen molar-refractivity contribution in [2.24, 2.45) is 0 Å². The molecule has 1 unspecified atom stereocenters. The molecule has 2 aromatic rings. The van der Waals surface area contributed by atoms with Crippen LogP contribution in [0.15, 0.2) is 70.4 Å². The van der Waals surface area contributed by atoms with Gasteiger partial charge >= 0.3 is 0 Å². The van der Waals surface area contributed by atoms with Crippen LogP contribution in [-0.2, 0) is 4.79 Å². The van der Waals surface area contributed by atoms with Gasteiger partial charge in [0.1, 0.15) is 0 Å². The average Bonchev–Trinajstić information content (AvgIpc) is 2.77. The molecule has 0 aliphatic carbocycles. The summed E-state index contributed by atoms with van der Waals surface area (Å²) in [7, 11) is 0. The molecular formula is C23H18ClN3O4S. The van der Waals surface area contributed by atoms with Crippen molar-refractivity contribution in [2.45, 2.75) is 19.8 Å². The minimum Gasteiger partial charge on any atom is -0.353 e.